The monoisotopic (exact) mass is 254 g/mol. The Bertz CT molecular complexity index is 331. The van der Waals surface area contributed by atoms with E-state index in [9.17, 15) is 0 Å². The van der Waals surface area contributed by atoms with E-state index in [2.05, 4.69) is 34.1 Å². The Kier molecular flexibility index (Phi) is 4.76. The van der Waals surface area contributed by atoms with Crippen molar-refractivity contribution in [2.24, 2.45) is 0 Å². The molecule has 0 amide bonds. The molecule has 1 aromatic heterocycles. The summed E-state index contributed by atoms with van der Waals surface area (Å²) in [6, 6.07) is 0. The van der Waals surface area contributed by atoms with Crippen molar-refractivity contribution in [1.82, 2.24) is 15.2 Å². The predicted molar refractivity (Wildman–Crippen MR) is 73.8 cm³/mol. The largest absolute Gasteiger partial charge is 0.346 e. The van der Waals surface area contributed by atoms with Crippen LogP contribution in [0.15, 0.2) is 6.20 Å². The highest BCUT2D eigenvalue weighted by molar-refractivity contribution is 7.15. The average molecular weight is 254 g/mol. The van der Waals surface area contributed by atoms with Gasteiger partial charge in [0.05, 0.1) is 0 Å². The van der Waals surface area contributed by atoms with Crippen LogP contribution in [-0.4, -0.2) is 49.7 Å². The lowest BCUT2D eigenvalue weighted by molar-refractivity contribution is 0.313. The Morgan fingerprint density at radius 2 is 2.12 bits per heavy atom. The summed E-state index contributed by atoms with van der Waals surface area (Å²) in [6.07, 6.45) is 3.20. The molecule has 4 nitrogen and oxygen atoms in total. The quantitative estimate of drug-likeness (QED) is 0.805. The molecule has 96 valence electrons. The van der Waals surface area contributed by atoms with Crippen molar-refractivity contribution < 1.29 is 0 Å². The van der Waals surface area contributed by atoms with Crippen molar-refractivity contribution in [2.75, 3.05) is 44.7 Å². The van der Waals surface area contributed by atoms with Gasteiger partial charge in [-0.2, -0.15) is 0 Å². The third kappa shape index (κ3) is 3.66. The highest BCUT2D eigenvalue weighted by Gasteiger charge is 2.16. The van der Waals surface area contributed by atoms with E-state index in [-0.39, 0.29) is 0 Å². The molecule has 1 aliphatic heterocycles. The van der Waals surface area contributed by atoms with Gasteiger partial charge in [-0.3, -0.25) is 0 Å². The topological polar surface area (TPSA) is 31.4 Å². The molecule has 2 heterocycles. The summed E-state index contributed by atoms with van der Waals surface area (Å²) in [5.74, 6) is 0. The van der Waals surface area contributed by atoms with Crippen molar-refractivity contribution in [2.45, 2.75) is 19.9 Å². The molecule has 0 spiro atoms. The number of aromatic nitrogens is 1. The number of rotatable bonds is 5. The van der Waals surface area contributed by atoms with Crippen molar-refractivity contribution in [1.29, 1.82) is 0 Å². The fourth-order valence-electron chi connectivity index (χ4n) is 1.91. The van der Waals surface area contributed by atoms with Gasteiger partial charge in [0.2, 0.25) is 0 Å². The van der Waals surface area contributed by atoms with Crippen molar-refractivity contribution in [3.05, 3.63) is 11.1 Å². The summed E-state index contributed by atoms with van der Waals surface area (Å²) in [4.78, 5) is 10.6. The second-order valence-corrected chi connectivity index (χ2v) is 5.67. The average Bonchev–Trinajstić information content (AvgIpc) is 2.79. The molecule has 0 radical (unpaired) electrons. The summed E-state index contributed by atoms with van der Waals surface area (Å²) in [7, 11) is 2.18. The number of hydrogen-bond donors (Lipinski definition) is 1. The van der Waals surface area contributed by atoms with E-state index in [0.717, 1.165) is 39.3 Å². The maximum atomic E-state index is 4.53. The van der Waals surface area contributed by atoms with E-state index >= 15 is 0 Å². The Morgan fingerprint density at radius 3 is 2.82 bits per heavy atom. The molecule has 1 saturated heterocycles. The normalized spacial score (nSPS) is 17.6. The van der Waals surface area contributed by atoms with E-state index in [4.69, 9.17) is 0 Å². The van der Waals surface area contributed by atoms with E-state index in [1.54, 1.807) is 0 Å². The van der Waals surface area contributed by atoms with Gasteiger partial charge in [-0.05, 0) is 20.0 Å². The van der Waals surface area contributed by atoms with Crippen molar-refractivity contribution in [3.8, 4) is 0 Å². The van der Waals surface area contributed by atoms with Crippen molar-refractivity contribution in [3.63, 3.8) is 0 Å². The van der Waals surface area contributed by atoms with Crippen LogP contribution in [0, 0.1) is 0 Å². The molecule has 5 heteroatoms. The van der Waals surface area contributed by atoms with Crippen LogP contribution in [0.25, 0.3) is 0 Å². The maximum absolute atomic E-state index is 4.53. The molecule has 1 fully saturated rings. The molecule has 0 saturated carbocycles. The molecule has 2 rings (SSSR count). The maximum Gasteiger partial charge on any atom is 0.185 e. The lowest BCUT2D eigenvalue weighted by atomic mass is 10.3. The highest BCUT2D eigenvalue weighted by atomic mass is 32.1. The second kappa shape index (κ2) is 6.33. The number of nitrogens with one attached hydrogen (secondary N) is 1. The zero-order valence-electron chi connectivity index (χ0n) is 10.8. The van der Waals surface area contributed by atoms with Gasteiger partial charge in [0.15, 0.2) is 5.13 Å². The first-order valence-electron chi connectivity index (χ1n) is 6.38. The standard InChI is InChI=1S/C12H22N4S/c1-3-4-13-9-11-10-14-12(17-11)16-7-5-15(2)6-8-16/h10,13H,3-9H2,1-2H3. The highest BCUT2D eigenvalue weighted by Crippen LogP contribution is 2.23. The van der Waals surface area contributed by atoms with E-state index < -0.39 is 0 Å². The second-order valence-electron chi connectivity index (χ2n) is 4.58. The van der Waals surface area contributed by atoms with E-state index in [1.165, 1.54) is 16.4 Å². The smallest absolute Gasteiger partial charge is 0.185 e. The Hall–Kier alpha value is -0.650. The molecular weight excluding hydrogens is 232 g/mol. The van der Waals surface area contributed by atoms with Gasteiger partial charge in [-0.25, -0.2) is 4.98 Å². The molecule has 0 aliphatic carbocycles. The Labute approximate surface area is 108 Å². The fourth-order valence-corrected chi connectivity index (χ4v) is 2.84. The van der Waals surface area contributed by atoms with Crippen LogP contribution in [-0.2, 0) is 6.54 Å². The van der Waals surface area contributed by atoms with E-state index in [1.807, 2.05) is 17.5 Å². The fraction of sp³-hybridized carbons (Fsp3) is 0.750. The zero-order valence-corrected chi connectivity index (χ0v) is 11.6. The minimum atomic E-state index is 0.958. The van der Waals surface area contributed by atoms with Crippen LogP contribution in [0.3, 0.4) is 0 Å². The number of likely N-dealkylation sites (N-methyl/N-ethyl adjacent to an activating group) is 1. The SMILES string of the molecule is CCCNCc1cnc(N2CCN(C)CC2)s1. The zero-order chi connectivity index (χ0) is 12.1. The van der Waals surface area contributed by atoms with Gasteiger partial charge in [-0.15, -0.1) is 11.3 Å². The Morgan fingerprint density at radius 1 is 1.35 bits per heavy atom. The van der Waals surface area contributed by atoms with E-state index in [0.29, 0.717) is 0 Å². The summed E-state index contributed by atoms with van der Waals surface area (Å²) in [5, 5.41) is 4.60. The van der Waals surface area contributed by atoms with Gasteiger partial charge in [0.25, 0.3) is 0 Å². The van der Waals surface area contributed by atoms with Gasteiger partial charge in [0.1, 0.15) is 0 Å². The van der Waals surface area contributed by atoms with Crippen LogP contribution in [0.5, 0.6) is 0 Å². The van der Waals surface area contributed by atoms with Crippen LogP contribution in [0.1, 0.15) is 18.2 Å². The number of nitrogens with zero attached hydrogens (tertiary/aromatic N) is 3. The molecule has 0 bridgehead atoms. The minimum absolute atomic E-state index is 0.958. The van der Waals surface area contributed by atoms with Crippen molar-refractivity contribution >= 4 is 16.5 Å². The molecular formula is C12H22N4S. The first-order valence-corrected chi connectivity index (χ1v) is 7.20. The number of thiazole rings is 1. The Balaban J connectivity index is 1.85. The van der Waals surface area contributed by atoms with Gasteiger partial charge in [-0.1, -0.05) is 6.92 Å². The van der Waals surface area contributed by atoms with Crippen LogP contribution in [0.4, 0.5) is 5.13 Å². The molecule has 0 atom stereocenters. The van der Waals surface area contributed by atoms with Gasteiger partial charge < -0.3 is 15.1 Å². The molecule has 0 aromatic carbocycles. The molecule has 17 heavy (non-hydrogen) atoms. The number of piperazine rings is 1. The first-order chi connectivity index (χ1) is 8.29. The van der Waals surface area contributed by atoms with Crippen LogP contribution in [0.2, 0.25) is 0 Å². The third-order valence-corrected chi connectivity index (χ3v) is 4.10. The first kappa shape index (κ1) is 12.8. The third-order valence-electron chi connectivity index (χ3n) is 3.04. The van der Waals surface area contributed by atoms with Gasteiger partial charge in [0, 0.05) is 43.8 Å². The molecule has 1 N–H and O–H groups in total. The lowest BCUT2D eigenvalue weighted by Gasteiger charge is -2.32. The minimum Gasteiger partial charge on any atom is -0.346 e. The summed E-state index contributed by atoms with van der Waals surface area (Å²) in [6.45, 7) is 8.72. The number of hydrogen-bond acceptors (Lipinski definition) is 5. The summed E-state index contributed by atoms with van der Waals surface area (Å²) >= 11 is 1.82. The molecule has 1 aromatic rings. The molecule has 1 aliphatic rings. The predicted octanol–water partition coefficient (Wildman–Crippen LogP) is 1.39. The summed E-state index contributed by atoms with van der Waals surface area (Å²) in [5.41, 5.74) is 0. The lowest BCUT2D eigenvalue weighted by Crippen LogP contribution is -2.44. The van der Waals surface area contributed by atoms with Crippen LogP contribution < -0.4 is 10.2 Å². The molecule has 0 unspecified atom stereocenters. The number of anilines is 1. The summed E-state index contributed by atoms with van der Waals surface area (Å²) < 4.78 is 0. The van der Waals surface area contributed by atoms with Crippen LogP contribution >= 0.6 is 11.3 Å². The van der Waals surface area contributed by atoms with Gasteiger partial charge >= 0.3 is 0 Å².